The SMILES string of the molecule is NC1(C(=O)O)CCc2ccc(Oc3cccc(-c4cccc(Cl)c4)c3)cc2C1. The summed E-state index contributed by atoms with van der Waals surface area (Å²) in [5.74, 6) is 0.404. The molecule has 1 aliphatic carbocycles. The highest BCUT2D eigenvalue weighted by Gasteiger charge is 2.37. The van der Waals surface area contributed by atoms with Crippen molar-refractivity contribution in [1.29, 1.82) is 0 Å². The molecule has 3 aromatic rings. The van der Waals surface area contributed by atoms with E-state index >= 15 is 0 Å². The minimum atomic E-state index is -1.21. The second-order valence-corrected chi connectivity index (χ2v) is 7.65. The molecule has 0 radical (unpaired) electrons. The van der Waals surface area contributed by atoms with Crippen molar-refractivity contribution < 1.29 is 14.6 Å². The standard InChI is InChI=1S/C23H20ClNO3/c24-19-5-1-3-16(11-19)17-4-2-6-20(12-17)28-21-8-7-15-9-10-23(25,22(26)27)14-18(15)13-21/h1-8,11-13H,9-10,14,25H2,(H,26,27). The van der Waals surface area contributed by atoms with E-state index in [1.54, 1.807) is 0 Å². The highest BCUT2D eigenvalue weighted by atomic mass is 35.5. The Balaban J connectivity index is 1.59. The molecule has 0 aliphatic heterocycles. The van der Waals surface area contributed by atoms with Crippen LogP contribution in [0.2, 0.25) is 5.02 Å². The van der Waals surface area contributed by atoms with Gasteiger partial charge < -0.3 is 15.6 Å². The first-order valence-corrected chi connectivity index (χ1v) is 9.49. The van der Waals surface area contributed by atoms with Crippen LogP contribution in [0, 0.1) is 0 Å². The predicted molar refractivity (Wildman–Crippen MR) is 110 cm³/mol. The van der Waals surface area contributed by atoms with Crippen LogP contribution in [0.5, 0.6) is 11.5 Å². The molecule has 5 heteroatoms. The van der Waals surface area contributed by atoms with Gasteiger partial charge >= 0.3 is 5.97 Å². The first-order chi connectivity index (χ1) is 13.4. The van der Waals surface area contributed by atoms with Gasteiger partial charge in [-0.2, -0.15) is 0 Å². The number of rotatable bonds is 4. The fourth-order valence-electron chi connectivity index (χ4n) is 3.59. The molecule has 3 aromatic carbocycles. The topological polar surface area (TPSA) is 72.6 Å². The largest absolute Gasteiger partial charge is 0.480 e. The minimum absolute atomic E-state index is 0.303. The van der Waals surface area contributed by atoms with Crippen molar-refractivity contribution in [2.75, 3.05) is 0 Å². The quantitative estimate of drug-likeness (QED) is 0.649. The van der Waals surface area contributed by atoms with Crippen molar-refractivity contribution in [1.82, 2.24) is 0 Å². The molecule has 1 unspecified atom stereocenters. The van der Waals surface area contributed by atoms with Gasteiger partial charge in [-0.25, -0.2) is 0 Å². The molecule has 0 saturated carbocycles. The molecule has 4 rings (SSSR count). The van der Waals surface area contributed by atoms with Crippen molar-refractivity contribution in [3.05, 3.63) is 82.9 Å². The normalized spacial score (nSPS) is 18.4. The summed E-state index contributed by atoms with van der Waals surface area (Å²) in [5.41, 5.74) is 8.93. The van der Waals surface area contributed by atoms with Crippen molar-refractivity contribution in [3.8, 4) is 22.6 Å². The van der Waals surface area contributed by atoms with E-state index in [0.717, 1.165) is 22.3 Å². The number of carboxylic acid groups (broad SMARTS) is 1. The van der Waals surface area contributed by atoms with Gasteiger partial charge in [-0.05, 0) is 71.5 Å². The average Bonchev–Trinajstić information content (AvgIpc) is 2.68. The summed E-state index contributed by atoms with van der Waals surface area (Å²) in [5, 5.41) is 10.1. The lowest BCUT2D eigenvalue weighted by Crippen LogP contribution is -2.52. The van der Waals surface area contributed by atoms with Crippen molar-refractivity contribution in [2.24, 2.45) is 5.73 Å². The van der Waals surface area contributed by atoms with Gasteiger partial charge in [0.05, 0.1) is 0 Å². The third-order valence-corrected chi connectivity index (χ3v) is 5.41. The van der Waals surface area contributed by atoms with E-state index in [-0.39, 0.29) is 0 Å². The summed E-state index contributed by atoms with van der Waals surface area (Å²) >= 11 is 6.09. The number of benzene rings is 3. The first-order valence-electron chi connectivity index (χ1n) is 9.11. The van der Waals surface area contributed by atoms with Crippen LogP contribution < -0.4 is 10.5 Å². The smallest absolute Gasteiger partial charge is 0.324 e. The van der Waals surface area contributed by atoms with Gasteiger partial charge in [0.15, 0.2) is 0 Å². The number of ether oxygens (including phenoxy) is 1. The molecule has 1 atom stereocenters. The zero-order valence-electron chi connectivity index (χ0n) is 15.2. The molecule has 142 valence electrons. The van der Waals surface area contributed by atoms with E-state index in [1.165, 1.54) is 0 Å². The van der Waals surface area contributed by atoms with E-state index in [2.05, 4.69) is 0 Å². The van der Waals surface area contributed by atoms with Crippen LogP contribution in [0.15, 0.2) is 66.7 Å². The summed E-state index contributed by atoms with van der Waals surface area (Å²) < 4.78 is 6.04. The van der Waals surface area contributed by atoms with Crippen molar-refractivity contribution >= 4 is 17.6 Å². The van der Waals surface area contributed by atoms with Crippen LogP contribution in [0.1, 0.15) is 17.5 Å². The van der Waals surface area contributed by atoms with Gasteiger partial charge in [-0.15, -0.1) is 0 Å². The monoisotopic (exact) mass is 393 g/mol. The third-order valence-electron chi connectivity index (χ3n) is 5.18. The van der Waals surface area contributed by atoms with Crippen LogP contribution >= 0.6 is 11.6 Å². The molecule has 0 heterocycles. The maximum Gasteiger partial charge on any atom is 0.324 e. The lowest BCUT2D eigenvalue weighted by atomic mass is 9.78. The van der Waals surface area contributed by atoms with E-state index in [0.29, 0.717) is 35.8 Å². The second-order valence-electron chi connectivity index (χ2n) is 7.21. The molecule has 1 aliphatic rings. The number of aliphatic carboxylic acids is 1. The Kier molecular flexibility index (Phi) is 4.84. The molecule has 3 N–H and O–H groups in total. The molecule has 0 fully saturated rings. The molecular formula is C23H20ClNO3. The highest BCUT2D eigenvalue weighted by Crippen LogP contribution is 2.33. The maximum absolute atomic E-state index is 11.5. The average molecular weight is 394 g/mol. The lowest BCUT2D eigenvalue weighted by Gasteiger charge is -2.31. The van der Waals surface area contributed by atoms with Crippen molar-refractivity contribution in [3.63, 3.8) is 0 Å². The fraction of sp³-hybridized carbons (Fsp3) is 0.174. The van der Waals surface area contributed by atoms with Crippen LogP contribution in [-0.4, -0.2) is 16.6 Å². The van der Waals surface area contributed by atoms with Gasteiger partial charge in [0, 0.05) is 11.4 Å². The molecule has 0 saturated heterocycles. The van der Waals surface area contributed by atoms with Crippen LogP contribution in [0.3, 0.4) is 0 Å². The number of aryl methyl sites for hydroxylation is 1. The van der Waals surface area contributed by atoms with Crippen molar-refractivity contribution in [2.45, 2.75) is 24.8 Å². The summed E-state index contributed by atoms with van der Waals surface area (Å²) in [7, 11) is 0. The maximum atomic E-state index is 11.5. The van der Waals surface area contributed by atoms with Crippen LogP contribution in [0.4, 0.5) is 0 Å². The Labute approximate surface area is 168 Å². The molecule has 0 aromatic heterocycles. The Bertz CT molecular complexity index is 1050. The molecule has 0 bridgehead atoms. The summed E-state index contributed by atoms with van der Waals surface area (Å²) in [4.78, 5) is 11.5. The highest BCUT2D eigenvalue weighted by molar-refractivity contribution is 6.30. The first kappa shape index (κ1) is 18.5. The number of hydrogen-bond acceptors (Lipinski definition) is 3. The van der Waals surface area contributed by atoms with E-state index < -0.39 is 11.5 Å². The summed E-state index contributed by atoms with van der Waals surface area (Å²) in [6.07, 6.45) is 1.40. The molecule has 0 amide bonds. The third kappa shape index (κ3) is 3.75. The number of nitrogens with two attached hydrogens (primary N) is 1. The fourth-order valence-corrected chi connectivity index (χ4v) is 3.78. The van der Waals surface area contributed by atoms with E-state index in [1.807, 2.05) is 66.7 Å². The lowest BCUT2D eigenvalue weighted by molar-refractivity contribution is -0.143. The predicted octanol–water partition coefficient (Wildman–Crippen LogP) is 5.07. The number of hydrogen-bond donors (Lipinski definition) is 2. The van der Waals surface area contributed by atoms with E-state index in [9.17, 15) is 9.90 Å². The summed E-state index contributed by atoms with van der Waals surface area (Å²) in [6.45, 7) is 0. The number of halogens is 1. The Morgan fingerprint density at radius 1 is 0.964 bits per heavy atom. The number of carbonyl (C=O) groups is 1. The summed E-state index contributed by atoms with van der Waals surface area (Å²) in [6, 6.07) is 21.2. The molecule has 4 nitrogen and oxygen atoms in total. The number of fused-ring (bicyclic) bond motifs is 1. The van der Waals surface area contributed by atoms with Gasteiger partial charge in [0.25, 0.3) is 0 Å². The van der Waals surface area contributed by atoms with Gasteiger partial charge in [0.1, 0.15) is 17.0 Å². The molecular weight excluding hydrogens is 374 g/mol. The zero-order chi connectivity index (χ0) is 19.7. The van der Waals surface area contributed by atoms with Crippen LogP contribution in [-0.2, 0) is 17.6 Å². The Hall–Kier alpha value is -2.82. The van der Waals surface area contributed by atoms with Gasteiger partial charge in [-0.3, -0.25) is 4.79 Å². The second kappa shape index (κ2) is 7.30. The van der Waals surface area contributed by atoms with Gasteiger partial charge in [-0.1, -0.05) is 41.9 Å². The van der Waals surface area contributed by atoms with E-state index in [4.69, 9.17) is 22.1 Å². The molecule has 0 spiro atoms. The zero-order valence-corrected chi connectivity index (χ0v) is 15.9. The molecule has 28 heavy (non-hydrogen) atoms. The van der Waals surface area contributed by atoms with Crippen LogP contribution in [0.25, 0.3) is 11.1 Å². The Morgan fingerprint density at radius 3 is 2.43 bits per heavy atom. The Morgan fingerprint density at radius 2 is 1.68 bits per heavy atom. The minimum Gasteiger partial charge on any atom is -0.480 e. The number of carboxylic acids is 1. The van der Waals surface area contributed by atoms with Gasteiger partial charge in [0.2, 0.25) is 0 Å².